The standard InChI is InChI=1S/C17H24N2O/c1-20-13-14-6-8-19(9-7-14)12-17-10-15-4-2-3-5-16(15)11-18-17/h2-6,17-18H,7-13H2,1H3. The van der Waals surface area contributed by atoms with Gasteiger partial charge in [0.05, 0.1) is 6.61 Å². The Bertz CT molecular complexity index is 484. The molecule has 0 fully saturated rings. The van der Waals surface area contributed by atoms with Crippen LogP contribution >= 0.6 is 0 Å². The lowest BCUT2D eigenvalue weighted by Crippen LogP contribution is -2.45. The van der Waals surface area contributed by atoms with E-state index in [1.165, 1.54) is 16.7 Å². The quantitative estimate of drug-likeness (QED) is 0.848. The van der Waals surface area contributed by atoms with Crippen molar-refractivity contribution in [2.75, 3.05) is 33.4 Å². The van der Waals surface area contributed by atoms with Gasteiger partial charge in [0, 0.05) is 39.3 Å². The van der Waals surface area contributed by atoms with Gasteiger partial charge >= 0.3 is 0 Å². The van der Waals surface area contributed by atoms with Gasteiger partial charge < -0.3 is 10.1 Å². The van der Waals surface area contributed by atoms with Crippen molar-refractivity contribution >= 4 is 0 Å². The first-order chi connectivity index (χ1) is 9.85. The normalized spacial score (nSPS) is 23.2. The monoisotopic (exact) mass is 272 g/mol. The second-order valence-electron chi connectivity index (χ2n) is 5.86. The Morgan fingerprint density at radius 2 is 2.15 bits per heavy atom. The fraction of sp³-hybridized carbons (Fsp3) is 0.529. The summed E-state index contributed by atoms with van der Waals surface area (Å²) in [5.74, 6) is 0. The van der Waals surface area contributed by atoms with E-state index in [1.54, 1.807) is 7.11 Å². The summed E-state index contributed by atoms with van der Waals surface area (Å²) < 4.78 is 5.21. The van der Waals surface area contributed by atoms with Crippen molar-refractivity contribution in [2.45, 2.75) is 25.4 Å². The lowest BCUT2D eigenvalue weighted by Gasteiger charge is -2.33. The van der Waals surface area contributed by atoms with E-state index in [0.29, 0.717) is 6.04 Å². The number of nitrogens with zero attached hydrogens (tertiary/aromatic N) is 1. The van der Waals surface area contributed by atoms with E-state index in [0.717, 1.165) is 45.6 Å². The number of rotatable bonds is 4. The van der Waals surface area contributed by atoms with Gasteiger partial charge in [-0.05, 0) is 29.5 Å². The third kappa shape index (κ3) is 3.29. The van der Waals surface area contributed by atoms with Crippen LogP contribution in [0.4, 0.5) is 0 Å². The molecule has 0 aromatic heterocycles. The molecule has 1 aromatic carbocycles. The lowest BCUT2D eigenvalue weighted by atomic mass is 9.95. The van der Waals surface area contributed by atoms with Crippen LogP contribution in [-0.2, 0) is 17.7 Å². The van der Waals surface area contributed by atoms with Crippen molar-refractivity contribution in [1.29, 1.82) is 0 Å². The van der Waals surface area contributed by atoms with Gasteiger partial charge in [0.1, 0.15) is 0 Å². The van der Waals surface area contributed by atoms with Crippen LogP contribution in [0.3, 0.4) is 0 Å². The van der Waals surface area contributed by atoms with Crippen LogP contribution in [0.15, 0.2) is 35.9 Å². The Labute approximate surface area is 121 Å². The van der Waals surface area contributed by atoms with Crippen molar-refractivity contribution in [3.05, 3.63) is 47.0 Å². The number of fused-ring (bicyclic) bond motifs is 1. The largest absolute Gasteiger partial charge is 0.380 e. The van der Waals surface area contributed by atoms with Gasteiger partial charge in [-0.3, -0.25) is 4.90 Å². The van der Waals surface area contributed by atoms with Crippen LogP contribution in [-0.4, -0.2) is 44.3 Å². The Morgan fingerprint density at radius 3 is 2.90 bits per heavy atom. The maximum absolute atomic E-state index is 5.21. The summed E-state index contributed by atoms with van der Waals surface area (Å²) >= 11 is 0. The van der Waals surface area contributed by atoms with Crippen LogP contribution < -0.4 is 5.32 Å². The van der Waals surface area contributed by atoms with Gasteiger partial charge in [-0.25, -0.2) is 0 Å². The second kappa shape index (κ2) is 6.53. The van der Waals surface area contributed by atoms with Crippen LogP contribution in [0.5, 0.6) is 0 Å². The van der Waals surface area contributed by atoms with Crippen LogP contribution in [0.1, 0.15) is 17.5 Å². The van der Waals surface area contributed by atoms with Crippen LogP contribution in [0.25, 0.3) is 0 Å². The average Bonchev–Trinajstić information content (AvgIpc) is 2.49. The van der Waals surface area contributed by atoms with E-state index in [-0.39, 0.29) is 0 Å². The van der Waals surface area contributed by atoms with E-state index in [2.05, 4.69) is 40.6 Å². The molecular formula is C17H24N2O. The van der Waals surface area contributed by atoms with Gasteiger partial charge in [0.2, 0.25) is 0 Å². The summed E-state index contributed by atoms with van der Waals surface area (Å²) in [6.07, 6.45) is 4.64. The molecular weight excluding hydrogens is 248 g/mol. The topological polar surface area (TPSA) is 24.5 Å². The molecule has 1 atom stereocenters. The average molecular weight is 272 g/mol. The van der Waals surface area contributed by atoms with Gasteiger partial charge in [0.15, 0.2) is 0 Å². The number of methoxy groups -OCH3 is 1. The number of benzene rings is 1. The lowest BCUT2D eigenvalue weighted by molar-refractivity contribution is 0.206. The molecule has 3 heteroatoms. The number of hydrogen-bond donors (Lipinski definition) is 1. The molecule has 0 radical (unpaired) electrons. The molecule has 0 amide bonds. The summed E-state index contributed by atoms with van der Waals surface area (Å²) in [7, 11) is 1.77. The molecule has 1 aromatic rings. The van der Waals surface area contributed by atoms with E-state index >= 15 is 0 Å². The molecule has 0 bridgehead atoms. The zero-order valence-corrected chi connectivity index (χ0v) is 12.3. The van der Waals surface area contributed by atoms with Crippen molar-refractivity contribution in [3.63, 3.8) is 0 Å². The maximum atomic E-state index is 5.21. The Balaban J connectivity index is 1.53. The van der Waals surface area contributed by atoms with Crippen molar-refractivity contribution in [3.8, 4) is 0 Å². The Kier molecular flexibility index (Phi) is 4.51. The molecule has 2 heterocycles. The number of ether oxygens (including phenoxy) is 1. The summed E-state index contributed by atoms with van der Waals surface area (Å²) in [4.78, 5) is 2.55. The molecule has 0 spiro atoms. The van der Waals surface area contributed by atoms with Crippen LogP contribution in [0, 0.1) is 0 Å². The predicted molar refractivity (Wildman–Crippen MR) is 81.8 cm³/mol. The molecule has 1 unspecified atom stereocenters. The summed E-state index contributed by atoms with van der Waals surface area (Å²) in [5, 5.41) is 3.67. The van der Waals surface area contributed by atoms with Crippen molar-refractivity contribution < 1.29 is 4.74 Å². The molecule has 1 N–H and O–H groups in total. The first kappa shape index (κ1) is 13.8. The molecule has 2 aliphatic rings. The van der Waals surface area contributed by atoms with Gasteiger partial charge in [-0.1, -0.05) is 30.3 Å². The third-order valence-corrected chi connectivity index (χ3v) is 4.36. The third-order valence-electron chi connectivity index (χ3n) is 4.36. The highest BCUT2D eigenvalue weighted by Crippen LogP contribution is 2.18. The fourth-order valence-electron chi connectivity index (χ4n) is 3.20. The van der Waals surface area contributed by atoms with E-state index in [1.807, 2.05) is 0 Å². The SMILES string of the molecule is COCC1=CCN(CC2Cc3ccccc3CN2)CC1. The summed E-state index contributed by atoms with van der Waals surface area (Å²) in [5.41, 5.74) is 4.43. The minimum absolute atomic E-state index is 0.585. The molecule has 108 valence electrons. The summed E-state index contributed by atoms with van der Waals surface area (Å²) in [6.45, 7) is 5.18. The van der Waals surface area contributed by atoms with Crippen molar-refractivity contribution in [2.24, 2.45) is 0 Å². The summed E-state index contributed by atoms with van der Waals surface area (Å²) in [6, 6.07) is 9.38. The van der Waals surface area contributed by atoms with Gasteiger partial charge in [0.25, 0.3) is 0 Å². The predicted octanol–water partition coefficient (Wildman–Crippen LogP) is 1.98. The maximum Gasteiger partial charge on any atom is 0.0673 e. The van der Waals surface area contributed by atoms with E-state index < -0.39 is 0 Å². The highest BCUT2D eigenvalue weighted by molar-refractivity contribution is 5.30. The van der Waals surface area contributed by atoms with Gasteiger partial charge in [-0.15, -0.1) is 0 Å². The fourth-order valence-corrected chi connectivity index (χ4v) is 3.20. The van der Waals surface area contributed by atoms with Crippen molar-refractivity contribution in [1.82, 2.24) is 10.2 Å². The molecule has 3 nitrogen and oxygen atoms in total. The second-order valence-corrected chi connectivity index (χ2v) is 5.86. The molecule has 20 heavy (non-hydrogen) atoms. The highest BCUT2D eigenvalue weighted by atomic mass is 16.5. The number of hydrogen-bond acceptors (Lipinski definition) is 3. The van der Waals surface area contributed by atoms with E-state index in [9.17, 15) is 0 Å². The molecule has 0 aliphatic carbocycles. The minimum atomic E-state index is 0.585. The Morgan fingerprint density at radius 1 is 1.30 bits per heavy atom. The first-order valence-corrected chi connectivity index (χ1v) is 7.54. The number of nitrogens with one attached hydrogen (secondary N) is 1. The van der Waals surface area contributed by atoms with Crippen LogP contribution in [0.2, 0.25) is 0 Å². The minimum Gasteiger partial charge on any atom is -0.380 e. The Hall–Kier alpha value is -1.16. The smallest absolute Gasteiger partial charge is 0.0673 e. The molecule has 0 saturated carbocycles. The molecule has 0 saturated heterocycles. The zero-order valence-electron chi connectivity index (χ0n) is 12.3. The zero-order chi connectivity index (χ0) is 13.8. The molecule has 2 aliphatic heterocycles. The van der Waals surface area contributed by atoms with E-state index in [4.69, 9.17) is 4.74 Å². The van der Waals surface area contributed by atoms with Gasteiger partial charge in [-0.2, -0.15) is 0 Å². The highest BCUT2D eigenvalue weighted by Gasteiger charge is 2.21. The first-order valence-electron chi connectivity index (χ1n) is 7.54. The molecule has 3 rings (SSSR count).